The topological polar surface area (TPSA) is 41.1 Å². The van der Waals surface area contributed by atoms with Crippen LogP contribution < -0.4 is 10.6 Å². The summed E-state index contributed by atoms with van der Waals surface area (Å²) in [6, 6.07) is 0.0625. The zero-order valence-corrected chi connectivity index (χ0v) is 7.73. The normalized spacial score (nSPS) is 24.6. The Morgan fingerprint density at radius 1 is 1.50 bits per heavy atom. The molecule has 1 heterocycles. The molecule has 3 heteroatoms. The molecule has 1 rings (SSSR count). The third kappa shape index (κ3) is 2.81. The predicted molar refractivity (Wildman–Crippen MR) is 48.9 cm³/mol. The first-order valence-corrected chi connectivity index (χ1v) is 4.85. The van der Waals surface area contributed by atoms with Gasteiger partial charge in [0.25, 0.3) is 0 Å². The molecular formula is C9H18N2O. The van der Waals surface area contributed by atoms with Gasteiger partial charge in [0, 0.05) is 6.54 Å². The van der Waals surface area contributed by atoms with Gasteiger partial charge < -0.3 is 10.6 Å². The van der Waals surface area contributed by atoms with Crippen LogP contribution in [0.2, 0.25) is 0 Å². The van der Waals surface area contributed by atoms with Crippen molar-refractivity contribution >= 4 is 5.91 Å². The maximum absolute atomic E-state index is 11.4. The van der Waals surface area contributed by atoms with Crippen LogP contribution in [-0.4, -0.2) is 25.0 Å². The van der Waals surface area contributed by atoms with E-state index in [2.05, 4.69) is 10.6 Å². The zero-order chi connectivity index (χ0) is 8.81. The summed E-state index contributed by atoms with van der Waals surface area (Å²) in [6.07, 6.45) is 4.62. The Balaban J connectivity index is 2.32. The third-order valence-electron chi connectivity index (χ3n) is 2.23. The van der Waals surface area contributed by atoms with Crippen LogP contribution in [0.1, 0.15) is 32.6 Å². The highest BCUT2D eigenvalue weighted by molar-refractivity contribution is 5.81. The van der Waals surface area contributed by atoms with Gasteiger partial charge in [0.1, 0.15) is 0 Å². The lowest BCUT2D eigenvalue weighted by molar-refractivity contribution is -0.123. The highest BCUT2D eigenvalue weighted by atomic mass is 16.2. The van der Waals surface area contributed by atoms with Crippen molar-refractivity contribution in [1.29, 1.82) is 0 Å². The summed E-state index contributed by atoms with van der Waals surface area (Å²) in [6.45, 7) is 3.67. The van der Waals surface area contributed by atoms with Crippen LogP contribution in [0.25, 0.3) is 0 Å². The molecule has 0 saturated carbocycles. The van der Waals surface area contributed by atoms with Crippen molar-refractivity contribution in [2.45, 2.75) is 38.6 Å². The van der Waals surface area contributed by atoms with Crippen molar-refractivity contribution in [3.8, 4) is 0 Å². The highest BCUT2D eigenvalue weighted by Crippen LogP contribution is 2.07. The molecule has 1 fully saturated rings. The van der Waals surface area contributed by atoms with Crippen LogP contribution >= 0.6 is 0 Å². The van der Waals surface area contributed by atoms with E-state index in [-0.39, 0.29) is 11.9 Å². The van der Waals surface area contributed by atoms with E-state index in [9.17, 15) is 4.79 Å². The molecule has 70 valence electrons. The highest BCUT2D eigenvalue weighted by Gasteiger charge is 2.17. The van der Waals surface area contributed by atoms with Crippen molar-refractivity contribution in [1.82, 2.24) is 10.6 Å². The first-order chi connectivity index (χ1) is 5.84. The lowest BCUT2D eigenvalue weighted by Crippen LogP contribution is -2.43. The van der Waals surface area contributed by atoms with Gasteiger partial charge in [-0.3, -0.25) is 4.79 Å². The summed E-state index contributed by atoms with van der Waals surface area (Å²) in [5.41, 5.74) is 0. The summed E-state index contributed by atoms with van der Waals surface area (Å²) in [5.74, 6) is 0.166. The van der Waals surface area contributed by atoms with E-state index >= 15 is 0 Å². The fourth-order valence-corrected chi connectivity index (χ4v) is 1.55. The summed E-state index contributed by atoms with van der Waals surface area (Å²) in [5, 5.41) is 6.10. The van der Waals surface area contributed by atoms with Gasteiger partial charge >= 0.3 is 0 Å². The molecular weight excluding hydrogens is 152 g/mol. The van der Waals surface area contributed by atoms with Crippen molar-refractivity contribution in [3.63, 3.8) is 0 Å². The van der Waals surface area contributed by atoms with Crippen LogP contribution in [0, 0.1) is 0 Å². The molecule has 0 aromatic carbocycles. The molecule has 12 heavy (non-hydrogen) atoms. The van der Waals surface area contributed by atoms with Crippen molar-refractivity contribution in [2.75, 3.05) is 13.1 Å². The first-order valence-electron chi connectivity index (χ1n) is 4.85. The smallest absolute Gasteiger partial charge is 0.237 e. The minimum Gasteiger partial charge on any atom is -0.355 e. The summed E-state index contributed by atoms with van der Waals surface area (Å²) in [7, 11) is 0. The lowest BCUT2D eigenvalue weighted by atomic mass is 10.1. The molecule has 1 aliphatic heterocycles. The van der Waals surface area contributed by atoms with E-state index in [1.165, 1.54) is 19.3 Å². The second-order valence-corrected chi connectivity index (χ2v) is 3.25. The van der Waals surface area contributed by atoms with Crippen LogP contribution in [0.5, 0.6) is 0 Å². The van der Waals surface area contributed by atoms with E-state index in [4.69, 9.17) is 0 Å². The largest absolute Gasteiger partial charge is 0.355 e. The predicted octanol–water partition coefficient (Wildman–Crippen LogP) is 0.655. The lowest BCUT2D eigenvalue weighted by Gasteiger charge is -2.14. The Labute approximate surface area is 73.9 Å². The monoisotopic (exact) mass is 170 g/mol. The number of carbonyl (C=O) groups excluding carboxylic acids is 1. The second-order valence-electron chi connectivity index (χ2n) is 3.25. The molecule has 1 unspecified atom stereocenters. The second kappa shape index (κ2) is 5.14. The number of hydrogen-bond donors (Lipinski definition) is 2. The fourth-order valence-electron chi connectivity index (χ4n) is 1.55. The maximum Gasteiger partial charge on any atom is 0.237 e. The number of hydrogen-bond acceptors (Lipinski definition) is 2. The van der Waals surface area contributed by atoms with Crippen LogP contribution in [0.15, 0.2) is 0 Å². The van der Waals surface area contributed by atoms with E-state index in [1.807, 2.05) is 6.92 Å². The van der Waals surface area contributed by atoms with E-state index in [0.717, 1.165) is 19.5 Å². The van der Waals surface area contributed by atoms with E-state index < -0.39 is 0 Å². The molecule has 0 aromatic heterocycles. The Bertz CT molecular complexity index is 139. The summed E-state index contributed by atoms with van der Waals surface area (Å²) in [4.78, 5) is 11.4. The third-order valence-corrected chi connectivity index (χ3v) is 2.23. The fraction of sp³-hybridized carbons (Fsp3) is 0.889. The van der Waals surface area contributed by atoms with E-state index in [0.29, 0.717) is 0 Å². The van der Waals surface area contributed by atoms with Gasteiger partial charge in [-0.05, 0) is 26.3 Å². The van der Waals surface area contributed by atoms with Crippen LogP contribution in [0.3, 0.4) is 0 Å². The standard InChI is InChI=1S/C9H18N2O/c1-2-10-9(12)8-6-4-3-5-7-11-8/h8,11H,2-7H2,1H3,(H,10,12). The zero-order valence-electron chi connectivity index (χ0n) is 7.73. The van der Waals surface area contributed by atoms with Gasteiger partial charge in [0.2, 0.25) is 5.91 Å². The average Bonchev–Trinajstić information content (AvgIpc) is 2.32. The molecule has 0 aliphatic carbocycles. The van der Waals surface area contributed by atoms with Crippen LogP contribution in [0.4, 0.5) is 0 Å². The molecule has 0 spiro atoms. The van der Waals surface area contributed by atoms with Gasteiger partial charge in [-0.15, -0.1) is 0 Å². The van der Waals surface area contributed by atoms with Crippen molar-refractivity contribution < 1.29 is 4.79 Å². The van der Waals surface area contributed by atoms with E-state index in [1.54, 1.807) is 0 Å². The number of likely N-dealkylation sites (N-methyl/N-ethyl adjacent to an activating group) is 1. The minimum absolute atomic E-state index is 0.0625. The first kappa shape index (κ1) is 9.52. The van der Waals surface area contributed by atoms with Gasteiger partial charge in [0.05, 0.1) is 6.04 Å². The number of nitrogens with one attached hydrogen (secondary N) is 2. The summed E-state index contributed by atoms with van der Waals surface area (Å²) >= 11 is 0. The molecule has 1 aliphatic rings. The summed E-state index contributed by atoms with van der Waals surface area (Å²) < 4.78 is 0. The van der Waals surface area contributed by atoms with Crippen molar-refractivity contribution in [2.24, 2.45) is 0 Å². The number of rotatable bonds is 2. The molecule has 1 amide bonds. The minimum atomic E-state index is 0.0625. The Kier molecular flexibility index (Phi) is 4.08. The van der Waals surface area contributed by atoms with Gasteiger partial charge in [-0.1, -0.05) is 12.8 Å². The molecule has 3 nitrogen and oxygen atoms in total. The molecule has 2 N–H and O–H groups in total. The van der Waals surface area contributed by atoms with Gasteiger partial charge in [0.15, 0.2) is 0 Å². The molecule has 0 aromatic rings. The quantitative estimate of drug-likeness (QED) is 0.639. The Hall–Kier alpha value is -0.570. The SMILES string of the molecule is CCNC(=O)C1CCCCCN1. The molecule has 1 saturated heterocycles. The van der Waals surface area contributed by atoms with Gasteiger partial charge in [-0.2, -0.15) is 0 Å². The maximum atomic E-state index is 11.4. The van der Waals surface area contributed by atoms with Gasteiger partial charge in [-0.25, -0.2) is 0 Å². The molecule has 0 bridgehead atoms. The Morgan fingerprint density at radius 2 is 2.33 bits per heavy atom. The average molecular weight is 170 g/mol. The Morgan fingerprint density at radius 3 is 3.08 bits per heavy atom. The van der Waals surface area contributed by atoms with Crippen LogP contribution in [-0.2, 0) is 4.79 Å². The van der Waals surface area contributed by atoms with Crippen molar-refractivity contribution in [3.05, 3.63) is 0 Å². The molecule has 1 atom stereocenters. The number of carbonyl (C=O) groups is 1. The number of amides is 1. The molecule has 0 radical (unpaired) electrons.